The summed E-state index contributed by atoms with van der Waals surface area (Å²) in [6.07, 6.45) is 7.12. The number of rotatable bonds is 5. The Morgan fingerprint density at radius 3 is 2.92 bits per heavy atom. The van der Waals surface area contributed by atoms with Crippen LogP contribution in [0.25, 0.3) is 5.69 Å². The Kier molecular flexibility index (Phi) is 4.23. The van der Waals surface area contributed by atoms with E-state index >= 15 is 0 Å². The van der Waals surface area contributed by atoms with Gasteiger partial charge in [0.1, 0.15) is 0 Å². The summed E-state index contributed by atoms with van der Waals surface area (Å²) in [5, 5.41) is 16.4. The summed E-state index contributed by atoms with van der Waals surface area (Å²) in [7, 11) is 1.95. The molecule has 3 aromatic rings. The highest BCUT2D eigenvalue weighted by molar-refractivity contribution is 5.43. The number of benzene rings is 1. The van der Waals surface area contributed by atoms with E-state index in [1.54, 1.807) is 0 Å². The van der Waals surface area contributed by atoms with E-state index in [4.69, 9.17) is 0 Å². The molecule has 0 spiro atoms. The lowest BCUT2D eigenvalue weighted by atomic mass is 10.2. The highest BCUT2D eigenvalue weighted by atomic mass is 15.4. The van der Waals surface area contributed by atoms with Gasteiger partial charge in [-0.1, -0.05) is 23.4 Å². The van der Waals surface area contributed by atoms with Gasteiger partial charge in [-0.15, -0.1) is 5.10 Å². The number of aryl methyl sites for hydroxylation is 2. The molecule has 25 heavy (non-hydrogen) atoms. The molecule has 0 radical (unpaired) electrons. The molecule has 0 aliphatic carbocycles. The minimum absolute atomic E-state index is 0.462. The number of hydrogen-bond acceptors (Lipinski definition) is 5. The molecule has 7 heteroatoms. The zero-order chi connectivity index (χ0) is 17.2. The maximum atomic E-state index is 4.30. The fourth-order valence-corrected chi connectivity index (χ4v) is 3.30. The molecule has 1 aromatic carbocycles. The normalized spacial score (nSPS) is 17.4. The molecular weight excluding hydrogens is 314 g/mol. The highest BCUT2D eigenvalue weighted by Gasteiger charge is 2.23. The summed E-state index contributed by atoms with van der Waals surface area (Å²) in [4.78, 5) is 2.37. The Bertz CT molecular complexity index is 850. The maximum Gasteiger partial charge on any atom is 0.0969 e. The first-order valence-electron chi connectivity index (χ1n) is 8.63. The van der Waals surface area contributed by atoms with Gasteiger partial charge in [-0.2, -0.15) is 5.10 Å². The Morgan fingerprint density at radius 2 is 2.12 bits per heavy atom. The highest BCUT2D eigenvalue weighted by Crippen LogP contribution is 2.19. The van der Waals surface area contributed by atoms with Crippen molar-refractivity contribution in [3.63, 3.8) is 0 Å². The second-order valence-corrected chi connectivity index (χ2v) is 6.63. The molecule has 1 saturated heterocycles. The van der Waals surface area contributed by atoms with Crippen LogP contribution in [0.1, 0.15) is 17.7 Å². The van der Waals surface area contributed by atoms with Gasteiger partial charge < -0.3 is 10.2 Å². The van der Waals surface area contributed by atoms with E-state index in [-0.39, 0.29) is 0 Å². The topological polar surface area (TPSA) is 63.8 Å². The SMILES string of the molecule is Cc1ccccc1-n1cc(CNC2CCN(c3cnn(C)c3)C2)nn1. The van der Waals surface area contributed by atoms with Crippen LogP contribution in [0.3, 0.4) is 0 Å². The molecule has 3 heterocycles. The average molecular weight is 337 g/mol. The minimum Gasteiger partial charge on any atom is -0.367 e. The number of anilines is 1. The fourth-order valence-electron chi connectivity index (χ4n) is 3.30. The Labute approximate surface area is 147 Å². The molecule has 1 aliphatic rings. The predicted octanol–water partition coefficient (Wildman–Crippen LogP) is 1.68. The van der Waals surface area contributed by atoms with E-state index in [2.05, 4.69) is 50.9 Å². The molecule has 130 valence electrons. The minimum atomic E-state index is 0.462. The van der Waals surface area contributed by atoms with Crippen LogP contribution in [0.15, 0.2) is 42.9 Å². The van der Waals surface area contributed by atoms with Crippen LogP contribution >= 0.6 is 0 Å². The van der Waals surface area contributed by atoms with Crippen molar-refractivity contribution in [2.75, 3.05) is 18.0 Å². The molecule has 1 aliphatic heterocycles. The smallest absolute Gasteiger partial charge is 0.0969 e. The summed E-state index contributed by atoms with van der Waals surface area (Å²) in [6.45, 7) is 4.87. The van der Waals surface area contributed by atoms with E-state index in [9.17, 15) is 0 Å². The van der Waals surface area contributed by atoms with Crippen molar-refractivity contribution in [1.29, 1.82) is 0 Å². The molecule has 1 atom stereocenters. The largest absolute Gasteiger partial charge is 0.367 e. The van der Waals surface area contributed by atoms with Crippen LogP contribution in [0, 0.1) is 6.92 Å². The van der Waals surface area contributed by atoms with E-state index in [0.29, 0.717) is 6.04 Å². The number of hydrogen-bond donors (Lipinski definition) is 1. The summed E-state index contributed by atoms with van der Waals surface area (Å²) in [5.41, 5.74) is 4.42. The standard InChI is InChI=1S/C18H23N7/c1-14-5-3-4-6-18(14)25-12-16(21-22-25)9-19-15-7-8-24(11-15)17-10-20-23(2)13-17/h3-6,10,12-13,15,19H,7-9,11H2,1-2H3. The van der Waals surface area contributed by atoms with Crippen LogP contribution in [0.4, 0.5) is 5.69 Å². The van der Waals surface area contributed by atoms with Gasteiger partial charge in [0.15, 0.2) is 0 Å². The fraction of sp³-hybridized carbons (Fsp3) is 0.389. The predicted molar refractivity (Wildman–Crippen MR) is 96.8 cm³/mol. The first-order valence-corrected chi connectivity index (χ1v) is 8.63. The molecule has 1 fully saturated rings. The zero-order valence-corrected chi connectivity index (χ0v) is 14.6. The van der Waals surface area contributed by atoms with Gasteiger partial charge in [-0.3, -0.25) is 4.68 Å². The van der Waals surface area contributed by atoms with Gasteiger partial charge in [-0.05, 0) is 25.0 Å². The Balaban J connectivity index is 1.34. The molecule has 1 unspecified atom stereocenters. The van der Waals surface area contributed by atoms with Gasteiger partial charge in [0.25, 0.3) is 0 Å². The second-order valence-electron chi connectivity index (χ2n) is 6.63. The summed E-state index contributed by atoms with van der Waals surface area (Å²) < 4.78 is 3.70. The van der Waals surface area contributed by atoms with Crippen molar-refractivity contribution in [3.8, 4) is 5.69 Å². The third kappa shape index (κ3) is 3.41. The average Bonchev–Trinajstić information content (AvgIpc) is 3.33. The van der Waals surface area contributed by atoms with Crippen molar-refractivity contribution in [2.45, 2.75) is 25.9 Å². The molecule has 1 N–H and O–H groups in total. The molecular formula is C18H23N7. The zero-order valence-electron chi connectivity index (χ0n) is 14.6. The molecule has 2 aromatic heterocycles. The summed E-state index contributed by atoms with van der Waals surface area (Å²) in [5.74, 6) is 0. The lowest BCUT2D eigenvalue weighted by molar-refractivity contribution is 0.545. The van der Waals surface area contributed by atoms with E-state index in [0.717, 1.165) is 37.4 Å². The van der Waals surface area contributed by atoms with E-state index in [1.165, 1.54) is 11.3 Å². The van der Waals surface area contributed by atoms with Crippen molar-refractivity contribution in [3.05, 3.63) is 54.1 Å². The van der Waals surface area contributed by atoms with Crippen molar-refractivity contribution < 1.29 is 0 Å². The van der Waals surface area contributed by atoms with Gasteiger partial charge >= 0.3 is 0 Å². The molecule has 7 nitrogen and oxygen atoms in total. The van der Waals surface area contributed by atoms with Crippen molar-refractivity contribution in [2.24, 2.45) is 7.05 Å². The summed E-state index contributed by atoms with van der Waals surface area (Å²) in [6, 6.07) is 8.66. The maximum absolute atomic E-state index is 4.30. The Hall–Kier alpha value is -2.67. The van der Waals surface area contributed by atoms with Gasteiger partial charge in [0.05, 0.1) is 29.5 Å². The van der Waals surface area contributed by atoms with Gasteiger partial charge in [0.2, 0.25) is 0 Å². The van der Waals surface area contributed by atoms with E-state index < -0.39 is 0 Å². The van der Waals surface area contributed by atoms with Crippen LogP contribution in [-0.2, 0) is 13.6 Å². The third-order valence-electron chi connectivity index (χ3n) is 4.72. The molecule has 0 bridgehead atoms. The number of aromatic nitrogens is 5. The van der Waals surface area contributed by atoms with Crippen LogP contribution < -0.4 is 10.2 Å². The monoisotopic (exact) mass is 337 g/mol. The van der Waals surface area contributed by atoms with Crippen LogP contribution in [-0.4, -0.2) is 43.9 Å². The quantitative estimate of drug-likeness (QED) is 0.767. The first-order chi connectivity index (χ1) is 12.2. The van der Waals surface area contributed by atoms with Gasteiger partial charge in [0, 0.05) is 38.9 Å². The lowest BCUT2D eigenvalue weighted by Crippen LogP contribution is -2.32. The second kappa shape index (κ2) is 6.68. The van der Waals surface area contributed by atoms with Gasteiger partial charge in [-0.25, -0.2) is 4.68 Å². The number of para-hydroxylation sites is 1. The third-order valence-corrected chi connectivity index (χ3v) is 4.72. The summed E-state index contributed by atoms with van der Waals surface area (Å²) >= 11 is 0. The lowest BCUT2D eigenvalue weighted by Gasteiger charge is -2.16. The number of nitrogens with zero attached hydrogens (tertiary/aromatic N) is 6. The van der Waals surface area contributed by atoms with Crippen LogP contribution in [0.5, 0.6) is 0 Å². The molecule has 0 saturated carbocycles. The van der Waals surface area contributed by atoms with E-state index in [1.807, 2.05) is 40.9 Å². The van der Waals surface area contributed by atoms with Crippen molar-refractivity contribution in [1.82, 2.24) is 30.1 Å². The number of nitrogens with one attached hydrogen (secondary N) is 1. The van der Waals surface area contributed by atoms with Crippen molar-refractivity contribution >= 4 is 5.69 Å². The molecule has 4 rings (SSSR count). The Morgan fingerprint density at radius 1 is 1.24 bits per heavy atom. The molecule has 0 amide bonds. The van der Waals surface area contributed by atoms with Crippen LogP contribution in [0.2, 0.25) is 0 Å². The first kappa shape index (κ1) is 15.8.